The molecule has 5 N–H and O–H groups in total. The van der Waals surface area contributed by atoms with Crippen molar-refractivity contribution in [1.82, 2.24) is 0 Å². The monoisotopic (exact) mass is 238 g/mol. The van der Waals surface area contributed by atoms with E-state index in [0.29, 0.717) is 0 Å². The van der Waals surface area contributed by atoms with Crippen LogP contribution in [0.5, 0.6) is 0 Å². The predicted octanol–water partition coefficient (Wildman–Crippen LogP) is -3.11. The molecule has 16 heavy (non-hydrogen) atoms. The van der Waals surface area contributed by atoms with Gasteiger partial charge < -0.3 is 35.0 Å². The molecule has 0 aliphatic carbocycles. The Labute approximate surface area is 90.6 Å². The summed E-state index contributed by atoms with van der Waals surface area (Å²) in [6.07, 6.45) is -7.36. The molecule has 1 fully saturated rings. The minimum absolute atomic E-state index is 0.311. The van der Waals surface area contributed by atoms with Gasteiger partial charge >= 0.3 is 5.97 Å². The second kappa shape index (κ2) is 5.53. The predicted molar refractivity (Wildman–Crippen MR) is 47.4 cm³/mol. The van der Waals surface area contributed by atoms with Crippen LogP contribution >= 0.6 is 0 Å². The number of hydrogen-bond acceptors (Lipinski definition) is 7. The number of carbonyl (C=O) groups is 1. The third-order valence-electron chi connectivity index (χ3n) is 2.19. The van der Waals surface area contributed by atoms with Crippen molar-refractivity contribution in [2.24, 2.45) is 0 Å². The van der Waals surface area contributed by atoms with E-state index in [1.54, 1.807) is 0 Å². The molecule has 94 valence electrons. The van der Waals surface area contributed by atoms with Crippen LogP contribution in [0, 0.1) is 0 Å². The first-order valence-corrected chi connectivity index (χ1v) is 4.60. The largest absolute Gasteiger partial charge is 0.480 e. The highest BCUT2D eigenvalue weighted by atomic mass is 16.6. The first-order valence-electron chi connectivity index (χ1n) is 4.60. The molecule has 0 aromatic carbocycles. The first-order chi connectivity index (χ1) is 7.43. The minimum Gasteiger partial charge on any atom is -0.480 e. The quantitative estimate of drug-likeness (QED) is 0.347. The number of hydrogen-bond donors (Lipinski definition) is 5. The van der Waals surface area contributed by atoms with Crippen molar-refractivity contribution >= 4 is 5.97 Å². The van der Waals surface area contributed by atoms with Gasteiger partial charge in [0.25, 0.3) is 0 Å². The van der Waals surface area contributed by atoms with Crippen molar-refractivity contribution < 1.29 is 39.8 Å². The molecule has 0 aromatic heterocycles. The van der Waals surface area contributed by atoms with E-state index in [1.165, 1.54) is 0 Å². The van der Waals surface area contributed by atoms with Gasteiger partial charge in [-0.05, 0) is 0 Å². The molecule has 0 saturated carbocycles. The van der Waals surface area contributed by atoms with Crippen LogP contribution in [0.25, 0.3) is 0 Å². The van der Waals surface area contributed by atoms with Crippen LogP contribution in [-0.2, 0) is 14.3 Å². The van der Waals surface area contributed by atoms with Gasteiger partial charge in [0.15, 0.2) is 6.29 Å². The molecule has 0 amide bonds. The lowest BCUT2D eigenvalue weighted by Crippen LogP contribution is -2.58. The Hall–Kier alpha value is -0.770. The number of aliphatic hydroxyl groups is 4. The minimum atomic E-state index is -1.64. The number of aliphatic hydroxyl groups excluding tert-OH is 4. The van der Waals surface area contributed by atoms with E-state index in [-0.39, 0.29) is 6.61 Å². The van der Waals surface area contributed by atoms with E-state index in [0.717, 1.165) is 0 Å². The lowest BCUT2D eigenvalue weighted by molar-refractivity contribution is -0.288. The number of rotatable bonds is 4. The standard InChI is InChI=1S/C8H14O8/c9-4(10)2-15-1-3-5(11)6(12)7(13)8(14)16-3/h3,5-8,11-14H,1-2H2,(H,9,10)/t3-,5-,6+,7-,8-/m1/s1. The van der Waals surface area contributed by atoms with E-state index in [2.05, 4.69) is 4.74 Å². The summed E-state index contributed by atoms with van der Waals surface area (Å²) in [6, 6.07) is 0. The normalized spacial score (nSPS) is 39.6. The van der Waals surface area contributed by atoms with Gasteiger partial charge in [-0.1, -0.05) is 0 Å². The van der Waals surface area contributed by atoms with Gasteiger partial charge in [0.1, 0.15) is 31.0 Å². The molecular formula is C8H14O8. The average molecular weight is 238 g/mol. The summed E-state index contributed by atoms with van der Waals surface area (Å²) in [5.74, 6) is -1.19. The van der Waals surface area contributed by atoms with Crippen molar-refractivity contribution in [2.45, 2.75) is 30.7 Å². The Morgan fingerprint density at radius 1 is 1.12 bits per heavy atom. The van der Waals surface area contributed by atoms with E-state index in [4.69, 9.17) is 20.1 Å². The number of aliphatic carboxylic acids is 1. The molecule has 8 nitrogen and oxygen atoms in total. The molecule has 1 aliphatic rings. The number of carboxylic acids is 1. The summed E-state index contributed by atoms with van der Waals surface area (Å²) in [4.78, 5) is 10.1. The lowest BCUT2D eigenvalue weighted by atomic mass is 9.99. The van der Waals surface area contributed by atoms with E-state index in [9.17, 15) is 15.0 Å². The van der Waals surface area contributed by atoms with Crippen LogP contribution in [0.15, 0.2) is 0 Å². The maximum Gasteiger partial charge on any atom is 0.329 e. The van der Waals surface area contributed by atoms with E-state index in [1.807, 2.05) is 0 Å². The Bertz CT molecular complexity index is 244. The third-order valence-corrected chi connectivity index (χ3v) is 2.19. The molecule has 1 heterocycles. The van der Waals surface area contributed by atoms with Gasteiger partial charge in [-0.15, -0.1) is 0 Å². The summed E-state index contributed by atoms with van der Waals surface area (Å²) in [5, 5.41) is 45.2. The van der Waals surface area contributed by atoms with E-state index >= 15 is 0 Å². The molecule has 1 saturated heterocycles. The highest BCUT2D eigenvalue weighted by Gasteiger charge is 2.42. The lowest BCUT2D eigenvalue weighted by Gasteiger charge is -2.38. The number of ether oxygens (including phenoxy) is 2. The Kier molecular flexibility index (Phi) is 4.59. The van der Waals surface area contributed by atoms with Crippen molar-refractivity contribution in [2.75, 3.05) is 13.2 Å². The smallest absolute Gasteiger partial charge is 0.329 e. The fourth-order valence-electron chi connectivity index (χ4n) is 1.33. The van der Waals surface area contributed by atoms with Crippen LogP contribution in [0.4, 0.5) is 0 Å². The average Bonchev–Trinajstić information content (AvgIpc) is 2.22. The summed E-state index contributed by atoms with van der Waals surface area (Å²) in [7, 11) is 0. The molecule has 0 radical (unpaired) electrons. The molecule has 8 heteroatoms. The first kappa shape index (κ1) is 13.3. The summed E-state index contributed by atoms with van der Waals surface area (Å²) >= 11 is 0. The van der Waals surface area contributed by atoms with Gasteiger partial charge in [0, 0.05) is 0 Å². The maximum atomic E-state index is 10.1. The molecule has 0 bridgehead atoms. The topological polar surface area (TPSA) is 137 Å². The van der Waals surface area contributed by atoms with Crippen LogP contribution < -0.4 is 0 Å². The van der Waals surface area contributed by atoms with Crippen LogP contribution in [0.1, 0.15) is 0 Å². The maximum absolute atomic E-state index is 10.1. The van der Waals surface area contributed by atoms with E-state index < -0.39 is 43.3 Å². The zero-order chi connectivity index (χ0) is 12.3. The SMILES string of the molecule is O=C(O)COC[C@H]1O[C@@H](O)[C@H](O)[C@@H](O)[C@@H]1O. The Balaban J connectivity index is 2.44. The van der Waals surface area contributed by atoms with Gasteiger partial charge in [-0.3, -0.25) is 0 Å². The fraction of sp³-hybridized carbons (Fsp3) is 0.875. The second-order valence-electron chi connectivity index (χ2n) is 3.45. The van der Waals surface area contributed by atoms with Gasteiger partial charge in [0.05, 0.1) is 6.61 Å². The Morgan fingerprint density at radius 3 is 2.31 bits per heavy atom. The van der Waals surface area contributed by atoms with Crippen molar-refractivity contribution in [3.8, 4) is 0 Å². The molecule has 0 spiro atoms. The molecular weight excluding hydrogens is 224 g/mol. The van der Waals surface area contributed by atoms with Crippen LogP contribution in [-0.4, -0.2) is 75.4 Å². The zero-order valence-electron chi connectivity index (χ0n) is 8.26. The summed E-state index contributed by atoms with van der Waals surface area (Å²) in [6.45, 7) is -0.893. The van der Waals surface area contributed by atoms with Gasteiger partial charge in [-0.2, -0.15) is 0 Å². The fourth-order valence-corrected chi connectivity index (χ4v) is 1.33. The molecule has 1 rings (SSSR count). The van der Waals surface area contributed by atoms with Gasteiger partial charge in [-0.25, -0.2) is 4.79 Å². The van der Waals surface area contributed by atoms with Crippen molar-refractivity contribution in [1.29, 1.82) is 0 Å². The summed E-state index contributed by atoms with van der Waals surface area (Å²) in [5.41, 5.74) is 0. The van der Waals surface area contributed by atoms with Crippen LogP contribution in [0.3, 0.4) is 0 Å². The molecule has 0 unspecified atom stereocenters. The zero-order valence-corrected chi connectivity index (χ0v) is 8.26. The summed E-state index contributed by atoms with van der Waals surface area (Å²) < 4.78 is 9.39. The number of carboxylic acid groups (broad SMARTS) is 1. The molecule has 1 aliphatic heterocycles. The molecule has 5 atom stereocenters. The van der Waals surface area contributed by atoms with Crippen LogP contribution in [0.2, 0.25) is 0 Å². The third kappa shape index (κ3) is 3.11. The highest BCUT2D eigenvalue weighted by Crippen LogP contribution is 2.19. The Morgan fingerprint density at radius 2 is 1.75 bits per heavy atom. The van der Waals surface area contributed by atoms with Crippen molar-refractivity contribution in [3.05, 3.63) is 0 Å². The van der Waals surface area contributed by atoms with Gasteiger partial charge in [0.2, 0.25) is 0 Å². The molecule has 0 aromatic rings. The van der Waals surface area contributed by atoms with Crippen molar-refractivity contribution in [3.63, 3.8) is 0 Å². The highest BCUT2D eigenvalue weighted by molar-refractivity contribution is 5.67. The second-order valence-corrected chi connectivity index (χ2v) is 3.45.